The smallest absolute Gasteiger partial charge is 0.251 e. The van der Waals surface area contributed by atoms with Gasteiger partial charge in [0.05, 0.1) is 13.2 Å². The van der Waals surface area contributed by atoms with E-state index in [1.807, 2.05) is 12.1 Å². The third-order valence-corrected chi connectivity index (χ3v) is 3.87. The number of nitrogens with one attached hydrogen (secondary N) is 1. The molecule has 0 aliphatic carbocycles. The van der Waals surface area contributed by atoms with E-state index in [0.717, 1.165) is 31.9 Å². The molecule has 1 saturated heterocycles. The van der Waals surface area contributed by atoms with Gasteiger partial charge in [0.2, 0.25) is 0 Å². The molecule has 1 aliphatic rings. The molecule has 120 valence electrons. The second kappa shape index (κ2) is 7.24. The van der Waals surface area contributed by atoms with Gasteiger partial charge < -0.3 is 15.0 Å². The third-order valence-electron chi connectivity index (χ3n) is 3.87. The first-order valence-electron chi connectivity index (χ1n) is 7.68. The van der Waals surface area contributed by atoms with Gasteiger partial charge in [-0.1, -0.05) is 12.1 Å². The Kier molecular flexibility index (Phi) is 4.88. The quantitative estimate of drug-likeness (QED) is 0.943. The van der Waals surface area contributed by atoms with Gasteiger partial charge in [0, 0.05) is 30.9 Å². The lowest BCUT2D eigenvalue weighted by Crippen LogP contribution is -2.36. The number of carbonyl (C=O) groups excluding carboxylic acids is 1. The molecule has 0 atom stereocenters. The second-order valence-electron chi connectivity index (χ2n) is 5.46. The highest BCUT2D eigenvalue weighted by molar-refractivity contribution is 5.94. The van der Waals surface area contributed by atoms with Crippen LogP contribution in [0.15, 0.2) is 48.5 Å². The highest BCUT2D eigenvalue weighted by atomic mass is 19.1. The molecule has 0 saturated carbocycles. The van der Waals surface area contributed by atoms with Crippen LogP contribution < -0.4 is 10.2 Å². The first-order chi connectivity index (χ1) is 11.2. The van der Waals surface area contributed by atoms with Gasteiger partial charge in [0.1, 0.15) is 5.82 Å². The fraction of sp³-hybridized carbons (Fsp3) is 0.278. The van der Waals surface area contributed by atoms with Crippen molar-refractivity contribution < 1.29 is 13.9 Å². The Hall–Kier alpha value is -2.40. The molecule has 4 nitrogen and oxygen atoms in total. The van der Waals surface area contributed by atoms with E-state index in [0.29, 0.717) is 12.1 Å². The van der Waals surface area contributed by atoms with E-state index < -0.39 is 0 Å². The lowest BCUT2D eigenvalue weighted by molar-refractivity contribution is 0.0951. The van der Waals surface area contributed by atoms with Gasteiger partial charge in [-0.3, -0.25) is 4.79 Å². The zero-order valence-electron chi connectivity index (χ0n) is 12.8. The molecule has 5 heteroatoms. The number of benzene rings is 2. The fourth-order valence-corrected chi connectivity index (χ4v) is 2.53. The number of hydrogen-bond donors (Lipinski definition) is 1. The zero-order valence-corrected chi connectivity index (χ0v) is 12.8. The molecule has 0 aromatic heterocycles. The van der Waals surface area contributed by atoms with Crippen molar-refractivity contribution in [3.63, 3.8) is 0 Å². The fourth-order valence-electron chi connectivity index (χ4n) is 2.53. The molecule has 2 aromatic carbocycles. The Balaban J connectivity index is 1.55. The molecule has 0 bridgehead atoms. The van der Waals surface area contributed by atoms with E-state index in [2.05, 4.69) is 22.3 Å². The van der Waals surface area contributed by atoms with Crippen LogP contribution in [0.25, 0.3) is 0 Å². The van der Waals surface area contributed by atoms with E-state index in [1.165, 1.54) is 30.0 Å². The van der Waals surface area contributed by atoms with Gasteiger partial charge in [0.25, 0.3) is 5.91 Å². The maximum absolute atomic E-state index is 12.8. The minimum atomic E-state index is -0.347. The number of halogens is 1. The molecule has 0 unspecified atom stereocenters. The van der Waals surface area contributed by atoms with Crippen molar-refractivity contribution in [2.24, 2.45) is 0 Å². The number of carbonyl (C=O) groups is 1. The van der Waals surface area contributed by atoms with Crippen molar-refractivity contribution in [2.75, 3.05) is 31.2 Å². The standard InChI is InChI=1S/C18H19FN2O2/c19-16-5-3-15(4-6-16)18(22)20-13-14-1-7-17(8-2-14)21-9-11-23-12-10-21/h1-8H,9-13H2,(H,20,22). The second-order valence-corrected chi connectivity index (χ2v) is 5.46. The summed E-state index contributed by atoms with van der Waals surface area (Å²) in [4.78, 5) is 14.3. The molecule has 1 fully saturated rings. The molecule has 1 heterocycles. The summed E-state index contributed by atoms with van der Waals surface area (Å²) in [7, 11) is 0. The summed E-state index contributed by atoms with van der Waals surface area (Å²) >= 11 is 0. The highest BCUT2D eigenvalue weighted by Crippen LogP contribution is 2.16. The average Bonchev–Trinajstić information content (AvgIpc) is 2.61. The van der Waals surface area contributed by atoms with Gasteiger partial charge in [-0.05, 0) is 42.0 Å². The first-order valence-corrected chi connectivity index (χ1v) is 7.68. The maximum Gasteiger partial charge on any atom is 0.251 e. The summed E-state index contributed by atoms with van der Waals surface area (Å²) in [5.41, 5.74) is 2.65. The number of amides is 1. The number of rotatable bonds is 4. The van der Waals surface area contributed by atoms with Crippen molar-refractivity contribution in [3.8, 4) is 0 Å². The molecular formula is C18H19FN2O2. The summed E-state index contributed by atoms with van der Waals surface area (Å²) < 4.78 is 18.2. The van der Waals surface area contributed by atoms with Crippen molar-refractivity contribution in [3.05, 3.63) is 65.5 Å². The molecule has 23 heavy (non-hydrogen) atoms. The summed E-state index contributed by atoms with van der Waals surface area (Å²) in [6, 6.07) is 13.7. The lowest BCUT2D eigenvalue weighted by atomic mass is 10.1. The van der Waals surface area contributed by atoms with E-state index in [4.69, 9.17) is 4.74 Å². The van der Waals surface area contributed by atoms with Crippen LogP contribution in [0.1, 0.15) is 15.9 Å². The SMILES string of the molecule is O=C(NCc1ccc(N2CCOCC2)cc1)c1ccc(F)cc1. The van der Waals surface area contributed by atoms with Crippen molar-refractivity contribution in [1.29, 1.82) is 0 Å². The van der Waals surface area contributed by atoms with Crippen LogP contribution in [0, 0.1) is 5.82 Å². The zero-order chi connectivity index (χ0) is 16.1. The minimum absolute atomic E-state index is 0.206. The summed E-state index contributed by atoms with van der Waals surface area (Å²) in [5.74, 6) is -0.553. The highest BCUT2D eigenvalue weighted by Gasteiger charge is 2.11. The molecule has 3 rings (SSSR count). The van der Waals surface area contributed by atoms with Crippen molar-refractivity contribution in [1.82, 2.24) is 5.32 Å². The Bertz CT molecular complexity index is 650. The van der Waals surface area contributed by atoms with Crippen molar-refractivity contribution in [2.45, 2.75) is 6.54 Å². The molecule has 1 amide bonds. The van der Waals surface area contributed by atoms with Crippen LogP contribution in [-0.2, 0) is 11.3 Å². The van der Waals surface area contributed by atoms with Gasteiger partial charge in [-0.25, -0.2) is 4.39 Å². The van der Waals surface area contributed by atoms with E-state index >= 15 is 0 Å². The molecule has 1 aliphatic heterocycles. The lowest BCUT2D eigenvalue weighted by Gasteiger charge is -2.28. The van der Waals surface area contributed by atoms with Crippen LogP contribution in [0.3, 0.4) is 0 Å². The van der Waals surface area contributed by atoms with E-state index in [-0.39, 0.29) is 11.7 Å². The minimum Gasteiger partial charge on any atom is -0.378 e. The summed E-state index contributed by atoms with van der Waals surface area (Å²) in [5, 5.41) is 2.84. The Morgan fingerprint density at radius 2 is 1.70 bits per heavy atom. The average molecular weight is 314 g/mol. The Morgan fingerprint density at radius 3 is 2.35 bits per heavy atom. The normalized spacial score (nSPS) is 14.6. The van der Waals surface area contributed by atoms with Gasteiger partial charge >= 0.3 is 0 Å². The monoisotopic (exact) mass is 314 g/mol. The van der Waals surface area contributed by atoms with Gasteiger partial charge in [0.15, 0.2) is 0 Å². The third kappa shape index (κ3) is 4.07. The van der Waals surface area contributed by atoms with Crippen LogP contribution >= 0.6 is 0 Å². The van der Waals surface area contributed by atoms with Crippen LogP contribution in [0.4, 0.5) is 10.1 Å². The van der Waals surface area contributed by atoms with Gasteiger partial charge in [-0.15, -0.1) is 0 Å². The van der Waals surface area contributed by atoms with Crippen LogP contribution in [0.2, 0.25) is 0 Å². The molecular weight excluding hydrogens is 295 g/mol. The number of ether oxygens (including phenoxy) is 1. The predicted molar refractivity (Wildman–Crippen MR) is 87.0 cm³/mol. The number of anilines is 1. The summed E-state index contributed by atoms with van der Waals surface area (Å²) in [6.07, 6.45) is 0. The summed E-state index contributed by atoms with van der Waals surface area (Å²) in [6.45, 7) is 3.77. The number of hydrogen-bond acceptors (Lipinski definition) is 3. The molecule has 0 spiro atoms. The predicted octanol–water partition coefficient (Wildman–Crippen LogP) is 2.59. The Morgan fingerprint density at radius 1 is 1.04 bits per heavy atom. The molecule has 2 aromatic rings. The maximum atomic E-state index is 12.8. The first kappa shape index (κ1) is 15.5. The number of morpholine rings is 1. The molecule has 0 radical (unpaired) electrons. The molecule has 1 N–H and O–H groups in total. The van der Waals surface area contributed by atoms with E-state index in [1.54, 1.807) is 0 Å². The topological polar surface area (TPSA) is 41.6 Å². The number of nitrogens with zero attached hydrogens (tertiary/aromatic N) is 1. The van der Waals surface area contributed by atoms with Crippen LogP contribution in [-0.4, -0.2) is 32.2 Å². The van der Waals surface area contributed by atoms with E-state index in [9.17, 15) is 9.18 Å². The van der Waals surface area contributed by atoms with Gasteiger partial charge in [-0.2, -0.15) is 0 Å². The van der Waals surface area contributed by atoms with Crippen molar-refractivity contribution >= 4 is 11.6 Å². The largest absolute Gasteiger partial charge is 0.378 e. The Labute approximate surface area is 134 Å². The van der Waals surface area contributed by atoms with Crippen LogP contribution in [0.5, 0.6) is 0 Å².